The average molecular weight is 226 g/mol. The number of hydrogen-bond acceptors (Lipinski definition) is 3. The fraction of sp³-hybridized carbons (Fsp3) is 0.429. The van der Waals surface area contributed by atoms with Crippen LogP contribution in [-0.4, -0.2) is 4.98 Å². The van der Waals surface area contributed by atoms with Crippen molar-refractivity contribution < 1.29 is 4.42 Å². The second-order valence-electron chi connectivity index (χ2n) is 4.96. The highest BCUT2D eigenvalue weighted by Crippen LogP contribution is 2.43. The molecule has 3 nitrogen and oxygen atoms in total. The number of benzene rings is 1. The summed E-state index contributed by atoms with van der Waals surface area (Å²) in [7, 11) is 0. The minimum atomic E-state index is -0.119. The molecular weight excluding hydrogens is 212 g/mol. The van der Waals surface area contributed by atoms with Gasteiger partial charge in [0.15, 0.2) is 11.5 Å². The van der Waals surface area contributed by atoms with Gasteiger partial charge in [0.2, 0.25) is 0 Å². The van der Waals surface area contributed by atoms with Gasteiger partial charge in [0.1, 0.15) is 5.52 Å². The Labute approximate surface area is 100 Å². The van der Waals surface area contributed by atoms with Crippen molar-refractivity contribution in [3.8, 4) is 6.07 Å². The summed E-state index contributed by atoms with van der Waals surface area (Å²) in [5.74, 6) is 0.691. The molecular formula is C14H14N2O. The number of oxazole rings is 1. The molecule has 3 heteroatoms. The summed E-state index contributed by atoms with van der Waals surface area (Å²) in [4.78, 5) is 4.32. The molecule has 1 saturated carbocycles. The molecule has 1 aliphatic carbocycles. The summed E-state index contributed by atoms with van der Waals surface area (Å²) in [5.41, 5.74) is 2.79. The van der Waals surface area contributed by atoms with Crippen LogP contribution in [0.5, 0.6) is 0 Å². The first-order valence-corrected chi connectivity index (χ1v) is 5.98. The zero-order valence-corrected chi connectivity index (χ0v) is 9.86. The fourth-order valence-corrected chi connectivity index (χ4v) is 2.52. The van der Waals surface area contributed by atoms with Gasteiger partial charge in [-0.2, -0.15) is 5.26 Å². The van der Waals surface area contributed by atoms with Gasteiger partial charge in [-0.05, 0) is 37.0 Å². The van der Waals surface area contributed by atoms with Crippen LogP contribution < -0.4 is 0 Å². The molecule has 0 spiro atoms. The Morgan fingerprint density at radius 1 is 1.47 bits per heavy atom. The van der Waals surface area contributed by atoms with Crippen LogP contribution in [0, 0.1) is 23.7 Å². The van der Waals surface area contributed by atoms with Gasteiger partial charge in [0.25, 0.3) is 0 Å². The zero-order chi connectivity index (χ0) is 11.9. The Bertz CT molecular complexity index is 602. The molecule has 1 aliphatic rings. The van der Waals surface area contributed by atoms with Gasteiger partial charge in [0.05, 0.1) is 11.5 Å². The van der Waals surface area contributed by atoms with E-state index in [-0.39, 0.29) is 5.41 Å². The summed E-state index contributed by atoms with van der Waals surface area (Å²) in [6, 6.07) is 8.52. The highest BCUT2D eigenvalue weighted by molar-refractivity contribution is 5.73. The van der Waals surface area contributed by atoms with E-state index >= 15 is 0 Å². The number of nitrogens with zero attached hydrogens (tertiary/aromatic N) is 2. The minimum absolute atomic E-state index is 0.119. The summed E-state index contributed by atoms with van der Waals surface area (Å²) >= 11 is 0. The third-order valence-corrected chi connectivity index (χ3v) is 3.65. The van der Waals surface area contributed by atoms with Gasteiger partial charge in [-0.15, -0.1) is 0 Å². The Morgan fingerprint density at radius 3 is 2.94 bits per heavy atom. The van der Waals surface area contributed by atoms with Crippen molar-refractivity contribution >= 4 is 11.1 Å². The number of hydrogen-bond donors (Lipinski definition) is 0. The van der Waals surface area contributed by atoms with E-state index in [2.05, 4.69) is 11.1 Å². The maximum atomic E-state index is 9.23. The Kier molecular flexibility index (Phi) is 2.19. The molecule has 0 radical (unpaired) electrons. The molecule has 2 aromatic rings. The van der Waals surface area contributed by atoms with E-state index in [1.807, 2.05) is 25.1 Å². The highest BCUT2D eigenvalue weighted by atomic mass is 16.3. The fourth-order valence-electron chi connectivity index (χ4n) is 2.52. The largest absolute Gasteiger partial charge is 0.441 e. The molecule has 86 valence electrons. The van der Waals surface area contributed by atoms with Crippen molar-refractivity contribution in [2.24, 2.45) is 5.41 Å². The monoisotopic (exact) mass is 226 g/mol. The summed E-state index contributed by atoms with van der Waals surface area (Å²) < 4.78 is 5.44. The van der Waals surface area contributed by atoms with Crippen LogP contribution in [0.15, 0.2) is 22.6 Å². The smallest absolute Gasteiger partial charge is 0.192 e. The van der Waals surface area contributed by atoms with E-state index in [1.165, 1.54) is 12.0 Å². The molecule has 3 rings (SSSR count). The zero-order valence-electron chi connectivity index (χ0n) is 9.86. The lowest BCUT2D eigenvalue weighted by atomic mass is 9.66. The van der Waals surface area contributed by atoms with Crippen LogP contribution in [0.25, 0.3) is 11.1 Å². The predicted octanol–water partition coefficient (Wildman–Crippen LogP) is 3.37. The third kappa shape index (κ3) is 1.70. The van der Waals surface area contributed by atoms with Crippen molar-refractivity contribution in [2.45, 2.75) is 32.6 Å². The van der Waals surface area contributed by atoms with Crippen molar-refractivity contribution in [2.75, 3.05) is 0 Å². The normalized spacial score (nSPS) is 17.6. The molecule has 0 amide bonds. The Morgan fingerprint density at radius 2 is 2.29 bits per heavy atom. The summed E-state index contributed by atoms with van der Waals surface area (Å²) in [6.07, 6.45) is 4.07. The van der Waals surface area contributed by atoms with Gasteiger partial charge in [-0.3, -0.25) is 0 Å². The molecule has 1 heterocycles. The van der Waals surface area contributed by atoms with E-state index in [0.717, 1.165) is 30.4 Å². The van der Waals surface area contributed by atoms with E-state index in [0.29, 0.717) is 5.89 Å². The number of aryl methyl sites for hydroxylation is 1. The lowest BCUT2D eigenvalue weighted by Crippen LogP contribution is -2.29. The Hall–Kier alpha value is -1.82. The van der Waals surface area contributed by atoms with Crippen molar-refractivity contribution in [3.63, 3.8) is 0 Å². The quantitative estimate of drug-likeness (QED) is 0.788. The van der Waals surface area contributed by atoms with Gasteiger partial charge in [-0.25, -0.2) is 4.98 Å². The van der Waals surface area contributed by atoms with Gasteiger partial charge in [0, 0.05) is 6.92 Å². The standard InChI is InChI=1S/C14H14N2O/c1-10-16-12-7-11(3-4-13(12)17-10)8-14(9-15)5-2-6-14/h3-4,7H,2,5-6,8H2,1H3. The van der Waals surface area contributed by atoms with Crippen molar-refractivity contribution in [1.29, 1.82) is 5.26 Å². The number of aromatic nitrogens is 1. The average Bonchev–Trinajstić information content (AvgIpc) is 2.63. The minimum Gasteiger partial charge on any atom is -0.441 e. The first kappa shape index (κ1) is 10.3. The molecule has 1 fully saturated rings. The third-order valence-electron chi connectivity index (χ3n) is 3.65. The van der Waals surface area contributed by atoms with Crippen molar-refractivity contribution in [1.82, 2.24) is 4.98 Å². The highest BCUT2D eigenvalue weighted by Gasteiger charge is 2.37. The first-order valence-electron chi connectivity index (χ1n) is 5.98. The molecule has 0 bridgehead atoms. The van der Waals surface area contributed by atoms with E-state index < -0.39 is 0 Å². The maximum Gasteiger partial charge on any atom is 0.192 e. The van der Waals surface area contributed by atoms with Crippen LogP contribution in [0.1, 0.15) is 30.7 Å². The SMILES string of the molecule is Cc1nc2cc(CC3(C#N)CCC3)ccc2o1. The van der Waals surface area contributed by atoms with E-state index in [9.17, 15) is 5.26 Å². The molecule has 1 aromatic carbocycles. The van der Waals surface area contributed by atoms with Gasteiger partial charge < -0.3 is 4.42 Å². The van der Waals surface area contributed by atoms with E-state index in [4.69, 9.17) is 4.42 Å². The second-order valence-corrected chi connectivity index (χ2v) is 4.96. The first-order chi connectivity index (χ1) is 8.21. The molecule has 17 heavy (non-hydrogen) atoms. The molecule has 0 N–H and O–H groups in total. The molecule has 1 aromatic heterocycles. The van der Waals surface area contributed by atoms with Crippen LogP contribution in [0.3, 0.4) is 0 Å². The van der Waals surface area contributed by atoms with Crippen molar-refractivity contribution in [3.05, 3.63) is 29.7 Å². The predicted molar refractivity (Wildman–Crippen MR) is 64.3 cm³/mol. The van der Waals surface area contributed by atoms with Gasteiger partial charge in [-0.1, -0.05) is 12.5 Å². The van der Waals surface area contributed by atoms with Crippen LogP contribution >= 0.6 is 0 Å². The Balaban J connectivity index is 1.93. The van der Waals surface area contributed by atoms with Gasteiger partial charge >= 0.3 is 0 Å². The van der Waals surface area contributed by atoms with Crippen LogP contribution in [-0.2, 0) is 6.42 Å². The lowest BCUT2D eigenvalue weighted by molar-refractivity contribution is 0.214. The number of fused-ring (bicyclic) bond motifs is 1. The molecule has 0 saturated heterocycles. The number of rotatable bonds is 2. The summed E-state index contributed by atoms with van der Waals surface area (Å²) in [6.45, 7) is 1.85. The molecule has 0 unspecified atom stereocenters. The maximum absolute atomic E-state index is 9.23. The van der Waals surface area contributed by atoms with Crippen LogP contribution in [0.2, 0.25) is 0 Å². The second kappa shape index (κ2) is 3.59. The molecule has 0 aliphatic heterocycles. The van der Waals surface area contributed by atoms with E-state index in [1.54, 1.807) is 0 Å². The topological polar surface area (TPSA) is 49.8 Å². The summed E-state index contributed by atoms with van der Waals surface area (Å²) in [5, 5.41) is 9.23. The lowest BCUT2D eigenvalue weighted by Gasteiger charge is -2.35. The number of nitriles is 1. The van der Waals surface area contributed by atoms with Crippen LogP contribution in [0.4, 0.5) is 0 Å². The molecule has 0 atom stereocenters.